The van der Waals surface area contributed by atoms with E-state index in [0.717, 1.165) is 0 Å². The zero-order chi connectivity index (χ0) is 10.4. The molecule has 0 aromatic carbocycles. The van der Waals surface area contributed by atoms with Gasteiger partial charge in [0.1, 0.15) is 0 Å². The number of carboxylic acid groups (broad SMARTS) is 2. The summed E-state index contributed by atoms with van der Waals surface area (Å²) in [6.45, 7) is 1.57. The molecule has 2 N–H and O–H groups in total. The van der Waals surface area contributed by atoms with Crippen LogP contribution in [-0.4, -0.2) is 48.1 Å². The molecular formula is C7H12O6. The van der Waals surface area contributed by atoms with Crippen molar-refractivity contribution in [2.75, 3.05) is 13.7 Å². The molecule has 0 saturated heterocycles. The van der Waals surface area contributed by atoms with Crippen LogP contribution in [0, 0.1) is 0 Å². The third-order valence-electron chi connectivity index (χ3n) is 1.35. The number of ether oxygens (including phenoxy) is 2. The van der Waals surface area contributed by atoms with Crippen molar-refractivity contribution in [1.29, 1.82) is 0 Å². The van der Waals surface area contributed by atoms with Crippen molar-refractivity contribution in [1.82, 2.24) is 0 Å². The van der Waals surface area contributed by atoms with Gasteiger partial charge in [-0.3, -0.25) is 0 Å². The molecule has 0 aliphatic carbocycles. The minimum Gasteiger partial charge on any atom is -0.479 e. The van der Waals surface area contributed by atoms with Gasteiger partial charge in [0, 0.05) is 7.11 Å². The Balaban J connectivity index is 3.98. The first-order chi connectivity index (χ1) is 5.99. The second-order valence-electron chi connectivity index (χ2n) is 2.44. The molecule has 0 heterocycles. The number of carboxylic acids is 2. The lowest BCUT2D eigenvalue weighted by Gasteiger charge is -2.12. The zero-order valence-electron chi connectivity index (χ0n) is 7.39. The summed E-state index contributed by atoms with van der Waals surface area (Å²) in [6.07, 6.45) is -2.15. The Morgan fingerprint density at radius 3 is 2.08 bits per heavy atom. The number of hydrogen-bond acceptors (Lipinski definition) is 4. The largest absolute Gasteiger partial charge is 0.479 e. The summed E-state index contributed by atoms with van der Waals surface area (Å²) in [5, 5.41) is 16.8. The van der Waals surface area contributed by atoms with Gasteiger partial charge in [-0.2, -0.15) is 0 Å². The van der Waals surface area contributed by atoms with Gasteiger partial charge in [0.05, 0.1) is 12.7 Å². The maximum Gasteiger partial charge on any atom is 0.344 e. The van der Waals surface area contributed by atoms with Crippen LogP contribution in [0.2, 0.25) is 0 Å². The summed E-state index contributed by atoms with van der Waals surface area (Å²) < 4.78 is 9.34. The van der Waals surface area contributed by atoms with E-state index in [0.29, 0.717) is 0 Å². The van der Waals surface area contributed by atoms with Gasteiger partial charge in [-0.15, -0.1) is 0 Å². The Kier molecular flexibility index (Phi) is 5.01. The highest BCUT2D eigenvalue weighted by Crippen LogP contribution is 1.96. The van der Waals surface area contributed by atoms with Crippen LogP contribution in [-0.2, 0) is 19.1 Å². The van der Waals surface area contributed by atoms with Crippen LogP contribution in [0.1, 0.15) is 6.92 Å². The number of aliphatic carboxylic acids is 2. The lowest BCUT2D eigenvalue weighted by molar-refractivity contribution is -0.167. The highest BCUT2D eigenvalue weighted by Gasteiger charge is 2.26. The summed E-state index contributed by atoms with van der Waals surface area (Å²) in [5.41, 5.74) is 0. The molecule has 0 aliphatic rings. The van der Waals surface area contributed by atoms with Crippen molar-refractivity contribution >= 4 is 11.9 Å². The molecule has 0 bridgehead atoms. The second-order valence-corrected chi connectivity index (χ2v) is 2.44. The zero-order valence-corrected chi connectivity index (χ0v) is 7.39. The standard InChI is InChI=1S/C7H12O6/c1-4(12-2)3-13-5(6(8)9)7(10)11/h4-5H,3H2,1-2H3,(H,8,9)(H,10,11)/t4-/m0/s1. The second kappa shape index (κ2) is 5.50. The fourth-order valence-corrected chi connectivity index (χ4v) is 0.548. The minimum atomic E-state index is -1.82. The van der Waals surface area contributed by atoms with E-state index in [2.05, 4.69) is 4.74 Å². The van der Waals surface area contributed by atoms with Gasteiger partial charge < -0.3 is 19.7 Å². The topological polar surface area (TPSA) is 93.1 Å². The first kappa shape index (κ1) is 11.9. The van der Waals surface area contributed by atoms with E-state index in [9.17, 15) is 9.59 Å². The molecule has 0 aromatic rings. The number of methoxy groups -OCH3 is 1. The van der Waals surface area contributed by atoms with E-state index >= 15 is 0 Å². The smallest absolute Gasteiger partial charge is 0.344 e. The average molecular weight is 192 g/mol. The summed E-state index contributed by atoms with van der Waals surface area (Å²) in [4.78, 5) is 20.6. The predicted molar refractivity (Wildman–Crippen MR) is 41.5 cm³/mol. The van der Waals surface area contributed by atoms with Gasteiger partial charge in [0.2, 0.25) is 0 Å². The van der Waals surface area contributed by atoms with Crippen molar-refractivity contribution < 1.29 is 29.3 Å². The van der Waals surface area contributed by atoms with Crippen LogP contribution < -0.4 is 0 Å². The first-order valence-electron chi connectivity index (χ1n) is 3.59. The molecule has 0 amide bonds. The minimum absolute atomic E-state index is 0.0697. The number of carbonyl (C=O) groups is 2. The average Bonchev–Trinajstić information content (AvgIpc) is 2.03. The van der Waals surface area contributed by atoms with Crippen LogP contribution >= 0.6 is 0 Å². The Morgan fingerprint density at radius 1 is 1.31 bits per heavy atom. The van der Waals surface area contributed by atoms with Crippen LogP contribution in [0.4, 0.5) is 0 Å². The summed E-state index contributed by atoms with van der Waals surface area (Å²) in [7, 11) is 1.42. The third kappa shape index (κ3) is 4.44. The molecule has 76 valence electrons. The van der Waals surface area contributed by atoms with Crippen LogP contribution in [0.15, 0.2) is 0 Å². The normalized spacial score (nSPS) is 12.8. The van der Waals surface area contributed by atoms with Gasteiger partial charge in [-0.05, 0) is 6.92 Å². The monoisotopic (exact) mass is 192 g/mol. The maximum atomic E-state index is 10.3. The van der Waals surface area contributed by atoms with E-state index in [-0.39, 0.29) is 12.7 Å². The molecule has 0 aromatic heterocycles. The molecule has 0 spiro atoms. The molecule has 0 saturated carbocycles. The van der Waals surface area contributed by atoms with Crippen molar-refractivity contribution in [2.24, 2.45) is 0 Å². The molecule has 6 nitrogen and oxygen atoms in total. The molecular weight excluding hydrogens is 180 g/mol. The predicted octanol–water partition coefficient (Wildman–Crippen LogP) is -0.424. The summed E-state index contributed by atoms with van der Waals surface area (Å²) in [6, 6.07) is 0. The fraction of sp³-hybridized carbons (Fsp3) is 0.714. The lowest BCUT2D eigenvalue weighted by Crippen LogP contribution is -2.34. The van der Waals surface area contributed by atoms with Crippen molar-refractivity contribution in [2.45, 2.75) is 19.1 Å². The fourth-order valence-electron chi connectivity index (χ4n) is 0.548. The molecule has 0 aliphatic heterocycles. The van der Waals surface area contributed by atoms with Crippen molar-refractivity contribution in [3.63, 3.8) is 0 Å². The van der Waals surface area contributed by atoms with Gasteiger partial charge >= 0.3 is 11.9 Å². The van der Waals surface area contributed by atoms with E-state index in [1.807, 2.05) is 0 Å². The Bertz CT molecular complexity index is 175. The molecule has 1 atom stereocenters. The van der Waals surface area contributed by atoms with Gasteiger partial charge in [0.15, 0.2) is 0 Å². The highest BCUT2D eigenvalue weighted by molar-refractivity contribution is 5.95. The van der Waals surface area contributed by atoms with Crippen LogP contribution in [0.5, 0.6) is 0 Å². The highest BCUT2D eigenvalue weighted by atomic mass is 16.6. The van der Waals surface area contributed by atoms with Crippen molar-refractivity contribution in [3.05, 3.63) is 0 Å². The lowest BCUT2D eigenvalue weighted by atomic mass is 10.3. The number of rotatable bonds is 6. The summed E-state index contributed by atoms with van der Waals surface area (Å²) >= 11 is 0. The molecule has 6 heteroatoms. The molecule has 0 rings (SSSR count). The van der Waals surface area contributed by atoms with Crippen LogP contribution in [0.25, 0.3) is 0 Å². The third-order valence-corrected chi connectivity index (χ3v) is 1.35. The van der Waals surface area contributed by atoms with Crippen LogP contribution in [0.3, 0.4) is 0 Å². The first-order valence-corrected chi connectivity index (χ1v) is 3.59. The Hall–Kier alpha value is -1.14. The van der Waals surface area contributed by atoms with E-state index in [4.69, 9.17) is 14.9 Å². The quantitative estimate of drug-likeness (QED) is 0.555. The molecule has 13 heavy (non-hydrogen) atoms. The van der Waals surface area contributed by atoms with Gasteiger partial charge in [0.25, 0.3) is 6.10 Å². The van der Waals surface area contributed by atoms with E-state index in [1.165, 1.54) is 7.11 Å². The molecule has 0 fully saturated rings. The maximum absolute atomic E-state index is 10.3. The van der Waals surface area contributed by atoms with Crippen molar-refractivity contribution in [3.8, 4) is 0 Å². The van der Waals surface area contributed by atoms with E-state index in [1.54, 1.807) is 6.92 Å². The number of hydrogen-bond donors (Lipinski definition) is 2. The molecule has 0 radical (unpaired) electrons. The SMILES string of the molecule is CO[C@@H](C)COC(C(=O)O)C(=O)O. The Morgan fingerprint density at radius 2 is 1.77 bits per heavy atom. The van der Waals surface area contributed by atoms with Gasteiger partial charge in [-0.1, -0.05) is 0 Å². The van der Waals surface area contributed by atoms with E-state index < -0.39 is 18.0 Å². The molecule has 0 unspecified atom stereocenters. The summed E-state index contributed by atoms with van der Waals surface area (Å²) in [5.74, 6) is -3.04. The van der Waals surface area contributed by atoms with Gasteiger partial charge in [-0.25, -0.2) is 9.59 Å². The Labute approximate surface area is 75.1 Å².